The molecule has 1 aromatic carbocycles. The first-order valence-corrected chi connectivity index (χ1v) is 6.07. The minimum Gasteiger partial charge on any atom is -0.463 e. The van der Waals surface area contributed by atoms with Crippen molar-refractivity contribution in [2.24, 2.45) is 0 Å². The number of carbonyl (C=O) groups is 1. The molecule has 2 rings (SSSR count). The molecule has 0 unspecified atom stereocenters. The molecule has 0 aliphatic heterocycles. The number of nitrogen functional groups attached to an aromatic ring is 1. The Balaban J connectivity index is 2.19. The fourth-order valence-corrected chi connectivity index (χ4v) is 1.77. The average molecular weight is 272 g/mol. The number of benzene rings is 1. The van der Waals surface area contributed by atoms with Gasteiger partial charge in [0, 0.05) is 25.5 Å². The number of aromatic nitrogens is 2. The third-order valence-corrected chi connectivity index (χ3v) is 2.86. The summed E-state index contributed by atoms with van der Waals surface area (Å²) < 4.78 is 4.61. The van der Waals surface area contributed by atoms with Gasteiger partial charge in [-0.05, 0) is 17.7 Å². The number of ether oxygens (including phenoxy) is 1. The van der Waals surface area contributed by atoms with Gasteiger partial charge in [-0.1, -0.05) is 18.2 Å². The Morgan fingerprint density at radius 3 is 2.80 bits per heavy atom. The highest BCUT2D eigenvalue weighted by Gasteiger charge is 2.12. The topological polar surface area (TPSA) is 81.3 Å². The van der Waals surface area contributed by atoms with Gasteiger partial charge in [0.25, 0.3) is 0 Å². The van der Waals surface area contributed by atoms with Gasteiger partial charge in [0.2, 0.25) is 5.82 Å². The molecule has 0 saturated heterocycles. The van der Waals surface area contributed by atoms with Crippen LogP contribution in [-0.2, 0) is 11.3 Å². The van der Waals surface area contributed by atoms with Crippen LogP contribution in [0.1, 0.15) is 16.2 Å². The summed E-state index contributed by atoms with van der Waals surface area (Å²) in [5.41, 5.74) is 7.63. The first kappa shape index (κ1) is 13.8. The van der Waals surface area contributed by atoms with Crippen molar-refractivity contribution in [3.05, 3.63) is 47.9 Å². The van der Waals surface area contributed by atoms with Crippen molar-refractivity contribution >= 4 is 17.5 Å². The molecule has 0 amide bonds. The standard InChI is InChI=1S/C14H16N4O2/c1-18(9-10-5-3-4-6-11(10)15)12-7-8-16-13(17-12)14(19)20-2/h3-8H,9,15H2,1-2H3. The Morgan fingerprint density at radius 1 is 1.35 bits per heavy atom. The van der Waals surface area contributed by atoms with Crippen LogP contribution < -0.4 is 10.6 Å². The van der Waals surface area contributed by atoms with Gasteiger partial charge in [-0.3, -0.25) is 0 Å². The molecule has 2 N–H and O–H groups in total. The van der Waals surface area contributed by atoms with Crippen LogP contribution in [0.4, 0.5) is 11.5 Å². The van der Waals surface area contributed by atoms with Crippen molar-refractivity contribution < 1.29 is 9.53 Å². The van der Waals surface area contributed by atoms with E-state index in [1.54, 1.807) is 6.07 Å². The monoisotopic (exact) mass is 272 g/mol. The molecule has 0 saturated carbocycles. The summed E-state index contributed by atoms with van der Waals surface area (Å²) in [5, 5.41) is 0. The molecule has 0 aliphatic rings. The third kappa shape index (κ3) is 3.03. The first-order valence-electron chi connectivity index (χ1n) is 6.07. The summed E-state index contributed by atoms with van der Waals surface area (Å²) in [6.07, 6.45) is 1.53. The van der Waals surface area contributed by atoms with Gasteiger partial charge < -0.3 is 15.4 Å². The summed E-state index contributed by atoms with van der Waals surface area (Å²) in [6.45, 7) is 0.588. The number of methoxy groups -OCH3 is 1. The molecule has 20 heavy (non-hydrogen) atoms. The molecule has 1 aromatic heterocycles. The first-order chi connectivity index (χ1) is 9.61. The van der Waals surface area contributed by atoms with Crippen LogP contribution in [0, 0.1) is 0 Å². The number of carbonyl (C=O) groups excluding carboxylic acids is 1. The number of hydrogen-bond acceptors (Lipinski definition) is 6. The number of nitrogens with zero attached hydrogens (tertiary/aromatic N) is 3. The summed E-state index contributed by atoms with van der Waals surface area (Å²) in [5.74, 6) is 0.112. The van der Waals surface area contributed by atoms with Crippen molar-refractivity contribution in [3.63, 3.8) is 0 Å². The maximum atomic E-state index is 11.4. The largest absolute Gasteiger partial charge is 0.463 e. The molecule has 0 bridgehead atoms. The van der Waals surface area contributed by atoms with Crippen LogP contribution in [-0.4, -0.2) is 30.1 Å². The molecule has 6 nitrogen and oxygen atoms in total. The van der Waals surface area contributed by atoms with Gasteiger partial charge in [-0.15, -0.1) is 0 Å². The van der Waals surface area contributed by atoms with E-state index >= 15 is 0 Å². The van der Waals surface area contributed by atoms with Crippen molar-refractivity contribution in [2.45, 2.75) is 6.54 Å². The second-order valence-electron chi connectivity index (χ2n) is 4.28. The molecule has 2 aromatic rings. The van der Waals surface area contributed by atoms with E-state index < -0.39 is 5.97 Å². The molecule has 6 heteroatoms. The van der Waals surface area contributed by atoms with Crippen molar-refractivity contribution in [3.8, 4) is 0 Å². The maximum Gasteiger partial charge on any atom is 0.376 e. The van der Waals surface area contributed by atoms with E-state index in [-0.39, 0.29) is 5.82 Å². The highest BCUT2D eigenvalue weighted by Crippen LogP contribution is 2.16. The molecular weight excluding hydrogens is 256 g/mol. The van der Waals surface area contributed by atoms with Crippen LogP contribution >= 0.6 is 0 Å². The lowest BCUT2D eigenvalue weighted by atomic mass is 10.2. The van der Waals surface area contributed by atoms with Crippen LogP contribution in [0.3, 0.4) is 0 Å². The van der Waals surface area contributed by atoms with Crippen LogP contribution in [0.2, 0.25) is 0 Å². The summed E-state index contributed by atoms with van der Waals surface area (Å²) in [4.78, 5) is 21.4. The highest BCUT2D eigenvalue weighted by atomic mass is 16.5. The van der Waals surface area contributed by atoms with Gasteiger partial charge in [-0.25, -0.2) is 14.8 Å². The van der Waals surface area contributed by atoms with Crippen LogP contribution in [0.15, 0.2) is 36.5 Å². The molecule has 0 aliphatic carbocycles. The Labute approximate surface area is 117 Å². The smallest absolute Gasteiger partial charge is 0.376 e. The van der Waals surface area contributed by atoms with E-state index in [0.29, 0.717) is 12.4 Å². The van der Waals surface area contributed by atoms with E-state index in [1.165, 1.54) is 13.3 Å². The summed E-state index contributed by atoms with van der Waals surface area (Å²) >= 11 is 0. The zero-order valence-corrected chi connectivity index (χ0v) is 11.4. The predicted molar refractivity (Wildman–Crippen MR) is 76.3 cm³/mol. The Morgan fingerprint density at radius 2 is 2.10 bits per heavy atom. The number of hydrogen-bond donors (Lipinski definition) is 1. The molecule has 0 spiro atoms. The molecule has 0 fully saturated rings. The summed E-state index contributed by atoms with van der Waals surface area (Å²) in [6, 6.07) is 9.35. The Kier molecular flexibility index (Phi) is 4.14. The molecule has 1 heterocycles. The van der Waals surface area contributed by atoms with Crippen molar-refractivity contribution in [1.82, 2.24) is 9.97 Å². The average Bonchev–Trinajstić information content (AvgIpc) is 2.49. The van der Waals surface area contributed by atoms with Crippen molar-refractivity contribution in [1.29, 1.82) is 0 Å². The minimum absolute atomic E-state index is 0.0397. The van der Waals surface area contributed by atoms with E-state index in [0.717, 1.165) is 11.3 Å². The lowest BCUT2D eigenvalue weighted by Crippen LogP contribution is -2.20. The Hall–Kier alpha value is -2.63. The second kappa shape index (κ2) is 6.01. The number of anilines is 2. The van der Waals surface area contributed by atoms with Gasteiger partial charge in [-0.2, -0.15) is 0 Å². The fourth-order valence-electron chi connectivity index (χ4n) is 1.77. The van der Waals surface area contributed by atoms with Gasteiger partial charge in [0.1, 0.15) is 5.82 Å². The van der Waals surface area contributed by atoms with Gasteiger partial charge >= 0.3 is 5.97 Å². The zero-order valence-electron chi connectivity index (χ0n) is 11.4. The van der Waals surface area contributed by atoms with Gasteiger partial charge in [0.15, 0.2) is 0 Å². The SMILES string of the molecule is COC(=O)c1nccc(N(C)Cc2ccccc2N)n1. The quantitative estimate of drug-likeness (QED) is 0.670. The molecule has 0 radical (unpaired) electrons. The van der Waals surface area contributed by atoms with Crippen LogP contribution in [0.5, 0.6) is 0 Å². The van der Waals surface area contributed by atoms with Crippen molar-refractivity contribution in [2.75, 3.05) is 24.8 Å². The number of esters is 1. The highest BCUT2D eigenvalue weighted by molar-refractivity contribution is 5.85. The number of para-hydroxylation sites is 1. The molecular formula is C14H16N4O2. The lowest BCUT2D eigenvalue weighted by Gasteiger charge is -2.19. The lowest BCUT2D eigenvalue weighted by molar-refractivity contribution is 0.0587. The normalized spacial score (nSPS) is 10.1. The van der Waals surface area contributed by atoms with E-state index in [2.05, 4.69) is 14.7 Å². The third-order valence-electron chi connectivity index (χ3n) is 2.86. The molecule has 104 valence electrons. The number of rotatable bonds is 4. The zero-order chi connectivity index (χ0) is 14.5. The molecule has 0 atom stereocenters. The van der Waals surface area contributed by atoms with Crippen LogP contribution in [0.25, 0.3) is 0 Å². The number of nitrogens with two attached hydrogens (primary N) is 1. The van der Waals surface area contributed by atoms with E-state index in [1.807, 2.05) is 36.2 Å². The fraction of sp³-hybridized carbons (Fsp3) is 0.214. The second-order valence-corrected chi connectivity index (χ2v) is 4.28. The summed E-state index contributed by atoms with van der Waals surface area (Å²) in [7, 11) is 3.17. The Bertz CT molecular complexity index is 616. The minimum atomic E-state index is -0.556. The van der Waals surface area contributed by atoms with E-state index in [9.17, 15) is 4.79 Å². The van der Waals surface area contributed by atoms with Gasteiger partial charge in [0.05, 0.1) is 7.11 Å². The van der Waals surface area contributed by atoms with E-state index in [4.69, 9.17) is 5.73 Å². The predicted octanol–water partition coefficient (Wildman–Crippen LogP) is 1.48. The maximum absolute atomic E-state index is 11.4.